The third-order valence-electron chi connectivity index (χ3n) is 2.97. The molecule has 0 aliphatic heterocycles. The van der Waals surface area contributed by atoms with Gasteiger partial charge in [0.05, 0.1) is 12.9 Å². The molecule has 116 valence electrons. The normalized spacial score (nSPS) is 11.7. The quantitative estimate of drug-likeness (QED) is 0.832. The molecule has 1 heterocycles. The number of esters is 1. The molecule has 0 spiro atoms. The number of carbonyl (C=O) groups excluding carboxylic acids is 2. The Kier molecular flexibility index (Phi) is 5.30. The molecule has 0 radical (unpaired) electrons. The zero-order valence-electron chi connectivity index (χ0n) is 12.0. The third kappa shape index (κ3) is 4.18. The molecule has 0 saturated heterocycles. The van der Waals surface area contributed by atoms with Gasteiger partial charge >= 0.3 is 5.97 Å². The van der Waals surface area contributed by atoms with E-state index in [1.807, 2.05) is 0 Å². The van der Waals surface area contributed by atoms with Crippen LogP contribution in [0, 0.1) is 5.82 Å². The summed E-state index contributed by atoms with van der Waals surface area (Å²) in [5, 5.41) is 2.57. The molecule has 0 saturated carbocycles. The smallest absolute Gasteiger partial charge is 0.328 e. The summed E-state index contributed by atoms with van der Waals surface area (Å²) in [5.41, 5.74) is 0.708. The number of furan rings is 1. The fourth-order valence-electron chi connectivity index (χ4n) is 1.93. The summed E-state index contributed by atoms with van der Waals surface area (Å²) in [6, 6.07) is 7.91. The van der Waals surface area contributed by atoms with Crippen LogP contribution in [0.5, 0.6) is 0 Å². The molecule has 0 fully saturated rings. The molecule has 1 N–H and O–H groups in total. The number of hydrogen-bond acceptors (Lipinski definition) is 4. The maximum absolute atomic E-state index is 12.9. The average Bonchev–Trinajstić information content (AvgIpc) is 3.03. The zero-order chi connectivity index (χ0) is 15.9. The molecule has 1 aromatic carbocycles. The molecule has 0 unspecified atom stereocenters. The van der Waals surface area contributed by atoms with Crippen molar-refractivity contribution in [3.63, 3.8) is 0 Å². The molecule has 5 nitrogen and oxygen atoms in total. The van der Waals surface area contributed by atoms with E-state index in [4.69, 9.17) is 9.15 Å². The van der Waals surface area contributed by atoms with E-state index < -0.39 is 17.9 Å². The minimum Gasteiger partial charge on any atom is -0.464 e. The van der Waals surface area contributed by atoms with Crippen LogP contribution < -0.4 is 5.32 Å². The van der Waals surface area contributed by atoms with Crippen molar-refractivity contribution in [2.24, 2.45) is 0 Å². The Labute approximate surface area is 127 Å². The van der Waals surface area contributed by atoms with Gasteiger partial charge in [-0.15, -0.1) is 0 Å². The van der Waals surface area contributed by atoms with Crippen molar-refractivity contribution in [1.82, 2.24) is 5.32 Å². The standard InChI is InChI=1S/C16H16FNO4/c1-2-21-16(20)13(10-11-5-7-12(17)8-6-11)18-15(19)14-4-3-9-22-14/h3-9,13H,2,10H2,1H3,(H,18,19)/t13-/m0/s1. The van der Waals surface area contributed by atoms with Crippen LogP contribution in [0.1, 0.15) is 23.0 Å². The van der Waals surface area contributed by atoms with Gasteiger partial charge < -0.3 is 14.5 Å². The lowest BCUT2D eigenvalue weighted by Gasteiger charge is -2.16. The van der Waals surface area contributed by atoms with Gasteiger partial charge in [0.25, 0.3) is 5.91 Å². The number of hydrogen-bond donors (Lipinski definition) is 1. The summed E-state index contributed by atoms with van der Waals surface area (Å²) < 4.78 is 22.9. The highest BCUT2D eigenvalue weighted by atomic mass is 19.1. The number of rotatable bonds is 6. The van der Waals surface area contributed by atoms with Crippen LogP contribution in [0.15, 0.2) is 47.1 Å². The molecule has 1 aromatic heterocycles. The maximum Gasteiger partial charge on any atom is 0.328 e. The van der Waals surface area contributed by atoms with E-state index in [-0.39, 0.29) is 24.6 Å². The van der Waals surface area contributed by atoms with Crippen molar-refractivity contribution < 1.29 is 23.1 Å². The molecule has 0 aliphatic carbocycles. The highest BCUT2D eigenvalue weighted by molar-refractivity contribution is 5.94. The van der Waals surface area contributed by atoms with E-state index >= 15 is 0 Å². The Hall–Kier alpha value is -2.63. The first-order chi connectivity index (χ1) is 10.6. The summed E-state index contributed by atoms with van der Waals surface area (Å²) in [7, 11) is 0. The van der Waals surface area contributed by atoms with Gasteiger partial charge in [0.15, 0.2) is 5.76 Å². The van der Waals surface area contributed by atoms with Crippen LogP contribution in [0.4, 0.5) is 4.39 Å². The predicted octanol–water partition coefficient (Wildman–Crippen LogP) is 2.32. The lowest BCUT2D eigenvalue weighted by molar-refractivity contribution is -0.145. The van der Waals surface area contributed by atoms with Gasteiger partial charge in [-0.25, -0.2) is 9.18 Å². The Morgan fingerprint density at radius 2 is 2.00 bits per heavy atom. The number of ether oxygens (including phenoxy) is 1. The van der Waals surface area contributed by atoms with Crippen molar-refractivity contribution >= 4 is 11.9 Å². The average molecular weight is 305 g/mol. The minimum absolute atomic E-state index is 0.105. The van der Waals surface area contributed by atoms with Gasteiger partial charge in [0.2, 0.25) is 0 Å². The summed E-state index contributed by atoms with van der Waals surface area (Å²) >= 11 is 0. The predicted molar refractivity (Wildman–Crippen MR) is 76.7 cm³/mol. The van der Waals surface area contributed by atoms with Crippen molar-refractivity contribution in [1.29, 1.82) is 0 Å². The molecule has 6 heteroatoms. The maximum atomic E-state index is 12.9. The third-order valence-corrected chi connectivity index (χ3v) is 2.97. The largest absolute Gasteiger partial charge is 0.464 e. The first-order valence-electron chi connectivity index (χ1n) is 6.85. The second-order valence-electron chi connectivity index (χ2n) is 4.59. The monoisotopic (exact) mass is 305 g/mol. The SMILES string of the molecule is CCOC(=O)[C@H](Cc1ccc(F)cc1)NC(=O)c1ccco1. The van der Waals surface area contributed by atoms with Gasteiger partial charge in [-0.2, -0.15) is 0 Å². The highest BCUT2D eigenvalue weighted by Gasteiger charge is 2.24. The number of nitrogens with one attached hydrogen (secondary N) is 1. The Bertz CT molecular complexity index is 622. The molecule has 0 bridgehead atoms. The number of carbonyl (C=O) groups is 2. The van der Waals surface area contributed by atoms with Crippen LogP contribution >= 0.6 is 0 Å². The number of benzene rings is 1. The molecule has 22 heavy (non-hydrogen) atoms. The molecule has 0 aliphatic rings. The molecule has 2 rings (SSSR count). The van der Waals surface area contributed by atoms with Crippen molar-refractivity contribution in [3.8, 4) is 0 Å². The Morgan fingerprint density at radius 1 is 1.27 bits per heavy atom. The fraction of sp³-hybridized carbons (Fsp3) is 0.250. The van der Waals surface area contributed by atoms with Crippen molar-refractivity contribution in [2.75, 3.05) is 6.61 Å². The van der Waals surface area contributed by atoms with Gasteiger partial charge in [-0.05, 0) is 36.8 Å². The summed E-state index contributed by atoms with van der Waals surface area (Å²) in [6.07, 6.45) is 1.57. The Morgan fingerprint density at radius 3 is 2.59 bits per heavy atom. The summed E-state index contributed by atoms with van der Waals surface area (Å²) in [5.74, 6) is -1.32. The second-order valence-corrected chi connectivity index (χ2v) is 4.59. The fourth-order valence-corrected chi connectivity index (χ4v) is 1.93. The molecule has 1 amide bonds. The topological polar surface area (TPSA) is 68.5 Å². The van der Waals surface area contributed by atoms with Crippen molar-refractivity contribution in [3.05, 3.63) is 59.8 Å². The highest BCUT2D eigenvalue weighted by Crippen LogP contribution is 2.08. The zero-order valence-corrected chi connectivity index (χ0v) is 12.0. The van der Waals surface area contributed by atoms with Gasteiger partial charge in [0, 0.05) is 6.42 Å². The lowest BCUT2D eigenvalue weighted by atomic mass is 10.1. The first-order valence-corrected chi connectivity index (χ1v) is 6.85. The Balaban J connectivity index is 2.10. The lowest BCUT2D eigenvalue weighted by Crippen LogP contribution is -2.43. The van der Waals surface area contributed by atoms with Gasteiger partial charge in [0.1, 0.15) is 11.9 Å². The second kappa shape index (κ2) is 7.40. The molecular weight excluding hydrogens is 289 g/mol. The molecule has 1 atom stereocenters. The minimum atomic E-state index is -0.872. The van der Waals surface area contributed by atoms with E-state index in [1.54, 1.807) is 25.1 Å². The van der Waals surface area contributed by atoms with Crippen LogP contribution in [-0.2, 0) is 16.0 Å². The van der Waals surface area contributed by atoms with Gasteiger partial charge in [-0.1, -0.05) is 12.1 Å². The number of halogens is 1. The molecule has 2 aromatic rings. The van der Waals surface area contributed by atoms with Gasteiger partial charge in [-0.3, -0.25) is 4.79 Å². The van der Waals surface area contributed by atoms with Crippen LogP contribution in [-0.4, -0.2) is 24.5 Å². The van der Waals surface area contributed by atoms with Crippen LogP contribution in [0.25, 0.3) is 0 Å². The molecular formula is C16H16FNO4. The van der Waals surface area contributed by atoms with E-state index in [1.165, 1.54) is 24.5 Å². The number of amides is 1. The van der Waals surface area contributed by atoms with Crippen LogP contribution in [0.2, 0.25) is 0 Å². The van der Waals surface area contributed by atoms with E-state index in [0.29, 0.717) is 5.56 Å². The summed E-state index contributed by atoms with van der Waals surface area (Å²) in [4.78, 5) is 24.0. The van der Waals surface area contributed by atoms with E-state index in [9.17, 15) is 14.0 Å². The van der Waals surface area contributed by atoms with Crippen LogP contribution in [0.3, 0.4) is 0 Å². The van der Waals surface area contributed by atoms with E-state index in [0.717, 1.165) is 0 Å². The first kappa shape index (κ1) is 15.8. The van der Waals surface area contributed by atoms with Crippen molar-refractivity contribution in [2.45, 2.75) is 19.4 Å². The van der Waals surface area contributed by atoms with E-state index in [2.05, 4.69) is 5.32 Å². The summed E-state index contributed by atoms with van der Waals surface area (Å²) in [6.45, 7) is 1.89.